The van der Waals surface area contributed by atoms with Gasteiger partial charge in [-0.05, 0) is 25.7 Å². The zero-order valence-corrected chi connectivity index (χ0v) is 11.5. The topological polar surface area (TPSA) is 99.9 Å². The van der Waals surface area contributed by atoms with E-state index in [0.29, 0.717) is 11.5 Å². The van der Waals surface area contributed by atoms with Crippen LogP contribution in [-0.4, -0.2) is 45.6 Å². The highest BCUT2D eigenvalue weighted by Gasteiger charge is 2.30. The molecular formula is C12H21N5O2. The van der Waals surface area contributed by atoms with E-state index in [0.717, 1.165) is 30.9 Å². The lowest BCUT2D eigenvalue weighted by atomic mass is 9.82. The van der Waals surface area contributed by atoms with Crippen molar-refractivity contribution < 1.29 is 10.3 Å². The Balaban J connectivity index is 2.23. The van der Waals surface area contributed by atoms with Crippen molar-refractivity contribution in [2.45, 2.75) is 25.9 Å². The van der Waals surface area contributed by atoms with Gasteiger partial charge in [-0.15, -0.1) is 0 Å². The quantitative estimate of drug-likeness (QED) is 0.309. The molecule has 0 saturated heterocycles. The number of oxime groups is 1. The van der Waals surface area contributed by atoms with Crippen molar-refractivity contribution in [3.05, 3.63) is 11.3 Å². The molecule has 1 aliphatic rings. The molecular weight excluding hydrogens is 246 g/mol. The molecule has 106 valence electrons. The van der Waals surface area contributed by atoms with Gasteiger partial charge in [0.1, 0.15) is 5.82 Å². The van der Waals surface area contributed by atoms with Crippen LogP contribution in [0.3, 0.4) is 0 Å². The molecule has 0 spiro atoms. The second-order valence-corrected chi connectivity index (χ2v) is 5.26. The van der Waals surface area contributed by atoms with Crippen molar-refractivity contribution in [2.75, 3.05) is 18.5 Å². The third kappa shape index (κ3) is 2.51. The number of aromatic nitrogens is 2. The molecule has 19 heavy (non-hydrogen) atoms. The van der Waals surface area contributed by atoms with E-state index < -0.39 is 0 Å². The van der Waals surface area contributed by atoms with Crippen molar-refractivity contribution in [3.63, 3.8) is 0 Å². The van der Waals surface area contributed by atoms with Crippen LogP contribution in [0.4, 0.5) is 5.82 Å². The van der Waals surface area contributed by atoms with Gasteiger partial charge in [0.2, 0.25) is 0 Å². The molecule has 1 fully saturated rings. The van der Waals surface area contributed by atoms with E-state index in [9.17, 15) is 5.11 Å². The molecule has 1 aromatic heterocycles. The minimum atomic E-state index is -0.157. The van der Waals surface area contributed by atoms with Gasteiger partial charge in [0.15, 0.2) is 5.84 Å². The summed E-state index contributed by atoms with van der Waals surface area (Å²) in [7, 11) is 3.79. The lowest BCUT2D eigenvalue weighted by Gasteiger charge is -2.35. The summed E-state index contributed by atoms with van der Waals surface area (Å²) < 4.78 is 1.73. The summed E-state index contributed by atoms with van der Waals surface area (Å²) in [5, 5.41) is 25.6. The number of aryl methyl sites for hydroxylation is 2. The molecule has 1 aliphatic carbocycles. The van der Waals surface area contributed by atoms with E-state index in [1.165, 1.54) is 0 Å². The van der Waals surface area contributed by atoms with Crippen LogP contribution in [0.5, 0.6) is 0 Å². The Morgan fingerprint density at radius 3 is 2.74 bits per heavy atom. The number of nitrogens with two attached hydrogens (primary N) is 1. The highest BCUT2D eigenvalue weighted by Crippen LogP contribution is 2.30. The third-order valence-electron chi connectivity index (χ3n) is 3.66. The molecule has 0 unspecified atom stereocenters. The lowest BCUT2D eigenvalue weighted by Crippen LogP contribution is -2.38. The van der Waals surface area contributed by atoms with E-state index in [-0.39, 0.29) is 11.9 Å². The summed E-state index contributed by atoms with van der Waals surface area (Å²) in [5.41, 5.74) is 7.12. The van der Waals surface area contributed by atoms with Crippen molar-refractivity contribution in [2.24, 2.45) is 23.9 Å². The largest absolute Gasteiger partial charge is 0.409 e. The van der Waals surface area contributed by atoms with Crippen molar-refractivity contribution in [1.29, 1.82) is 0 Å². The Kier molecular flexibility index (Phi) is 3.66. The van der Waals surface area contributed by atoms with Gasteiger partial charge in [0.25, 0.3) is 0 Å². The fourth-order valence-electron chi connectivity index (χ4n) is 2.76. The Morgan fingerprint density at radius 1 is 1.58 bits per heavy atom. The number of aliphatic hydroxyl groups is 1. The van der Waals surface area contributed by atoms with E-state index >= 15 is 0 Å². The van der Waals surface area contributed by atoms with Crippen LogP contribution in [0.2, 0.25) is 0 Å². The van der Waals surface area contributed by atoms with Gasteiger partial charge >= 0.3 is 0 Å². The maximum atomic E-state index is 9.33. The van der Waals surface area contributed by atoms with E-state index in [2.05, 4.69) is 10.3 Å². The highest BCUT2D eigenvalue weighted by molar-refractivity contribution is 6.02. The Bertz CT molecular complexity index is 491. The molecule has 0 amide bonds. The zero-order chi connectivity index (χ0) is 14.2. The van der Waals surface area contributed by atoms with Crippen molar-refractivity contribution in [3.8, 4) is 0 Å². The van der Waals surface area contributed by atoms with E-state index in [1.807, 2.05) is 25.9 Å². The van der Waals surface area contributed by atoms with Gasteiger partial charge in [-0.1, -0.05) is 5.16 Å². The average Bonchev–Trinajstić information content (AvgIpc) is 2.61. The van der Waals surface area contributed by atoms with Crippen molar-refractivity contribution in [1.82, 2.24) is 9.78 Å². The molecule has 7 nitrogen and oxygen atoms in total. The number of nitrogens with zero attached hydrogens (tertiary/aromatic N) is 4. The maximum Gasteiger partial charge on any atom is 0.175 e. The van der Waals surface area contributed by atoms with E-state index in [1.54, 1.807) is 4.68 Å². The molecule has 7 heteroatoms. The van der Waals surface area contributed by atoms with Crippen LogP contribution in [0.25, 0.3) is 0 Å². The molecule has 0 aromatic carbocycles. The summed E-state index contributed by atoms with van der Waals surface area (Å²) in [6.07, 6.45) is 1.51. The standard InChI is InChI=1S/C12H21N5O2/c1-7-10(11(13)15-19)12(17(3)14-7)16(2)6-8-4-9(18)5-8/h8-9,18-19H,4-6H2,1-3H3,(H2,13,15). The normalized spacial score (nSPS) is 23.3. The SMILES string of the molecule is Cc1nn(C)c(N(C)CC2CC(O)C2)c1C(N)=NO. The van der Waals surface area contributed by atoms with Crippen LogP contribution in [0.15, 0.2) is 5.16 Å². The second kappa shape index (κ2) is 5.08. The Labute approximate surface area is 112 Å². The minimum absolute atomic E-state index is 0.0705. The highest BCUT2D eigenvalue weighted by atomic mass is 16.4. The molecule has 1 saturated carbocycles. The molecule has 0 radical (unpaired) electrons. The van der Waals surface area contributed by atoms with E-state index in [4.69, 9.17) is 10.9 Å². The number of aliphatic hydroxyl groups excluding tert-OH is 1. The predicted molar refractivity (Wildman–Crippen MR) is 72.5 cm³/mol. The number of hydrogen-bond acceptors (Lipinski definition) is 5. The van der Waals surface area contributed by atoms with Crippen LogP contribution in [0, 0.1) is 12.8 Å². The zero-order valence-electron chi connectivity index (χ0n) is 11.5. The lowest BCUT2D eigenvalue weighted by molar-refractivity contribution is 0.0464. The first-order valence-electron chi connectivity index (χ1n) is 6.34. The number of rotatable bonds is 4. The first-order valence-corrected chi connectivity index (χ1v) is 6.34. The summed E-state index contributed by atoms with van der Waals surface area (Å²) in [6, 6.07) is 0. The summed E-state index contributed by atoms with van der Waals surface area (Å²) >= 11 is 0. The Hall–Kier alpha value is -1.76. The summed E-state index contributed by atoms with van der Waals surface area (Å²) in [6.45, 7) is 2.65. The Morgan fingerprint density at radius 2 is 2.21 bits per heavy atom. The van der Waals surface area contributed by atoms with Crippen LogP contribution < -0.4 is 10.6 Å². The van der Waals surface area contributed by atoms with Crippen LogP contribution in [-0.2, 0) is 7.05 Å². The second-order valence-electron chi connectivity index (χ2n) is 5.26. The fraction of sp³-hybridized carbons (Fsp3) is 0.667. The molecule has 0 aliphatic heterocycles. The molecule has 1 heterocycles. The maximum absolute atomic E-state index is 9.33. The minimum Gasteiger partial charge on any atom is -0.409 e. The fourth-order valence-corrected chi connectivity index (χ4v) is 2.76. The average molecular weight is 267 g/mol. The first-order chi connectivity index (χ1) is 8.93. The third-order valence-corrected chi connectivity index (χ3v) is 3.66. The molecule has 1 aromatic rings. The van der Waals surface area contributed by atoms with Crippen LogP contribution >= 0.6 is 0 Å². The monoisotopic (exact) mass is 267 g/mol. The summed E-state index contributed by atoms with van der Waals surface area (Å²) in [4.78, 5) is 2.05. The molecule has 4 N–H and O–H groups in total. The number of amidine groups is 1. The predicted octanol–water partition coefficient (Wildman–Crippen LogP) is 0.0301. The number of anilines is 1. The summed E-state index contributed by atoms with van der Waals surface area (Å²) in [5.74, 6) is 1.38. The van der Waals surface area contributed by atoms with Gasteiger partial charge in [0.05, 0.1) is 17.4 Å². The first kappa shape index (κ1) is 13.7. The molecule has 0 bridgehead atoms. The van der Waals surface area contributed by atoms with Gasteiger partial charge in [-0.2, -0.15) is 5.10 Å². The van der Waals surface area contributed by atoms with Crippen LogP contribution in [0.1, 0.15) is 24.1 Å². The van der Waals surface area contributed by atoms with Gasteiger partial charge in [-0.25, -0.2) is 0 Å². The van der Waals surface area contributed by atoms with Gasteiger partial charge in [0, 0.05) is 20.6 Å². The number of hydrogen-bond donors (Lipinski definition) is 3. The van der Waals surface area contributed by atoms with Gasteiger partial charge < -0.3 is 20.9 Å². The molecule has 0 atom stereocenters. The molecule has 2 rings (SSSR count). The van der Waals surface area contributed by atoms with Gasteiger partial charge in [-0.3, -0.25) is 4.68 Å². The van der Waals surface area contributed by atoms with Crippen molar-refractivity contribution >= 4 is 11.7 Å². The smallest absolute Gasteiger partial charge is 0.175 e.